The molecule has 0 bridgehead atoms. The van der Waals surface area contributed by atoms with Crippen molar-refractivity contribution in [3.05, 3.63) is 29.8 Å². The Labute approximate surface area is 177 Å². The lowest BCUT2D eigenvalue weighted by atomic mass is 10.0. The Morgan fingerprint density at radius 3 is 2.40 bits per heavy atom. The first-order valence-electron chi connectivity index (χ1n) is 10.5. The Balaban J connectivity index is 1.64. The second-order valence-electron chi connectivity index (χ2n) is 8.27. The summed E-state index contributed by atoms with van der Waals surface area (Å²) in [6.07, 6.45) is 0.101. The first-order valence-corrected chi connectivity index (χ1v) is 10.5. The van der Waals surface area contributed by atoms with Crippen LogP contribution in [0.1, 0.15) is 37.6 Å². The van der Waals surface area contributed by atoms with Gasteiger partial charge in [0.2, 0.25) is 5.91 Å². The SMILES string of the molecule is CC(C)CC(NC(=O)c1ccc(N2CCOCC2)cc1)C(=O)NC1C(=O)COC1C. The summed E-state index contributed by atoms with van der Waals surface area (Å²) in [6, 6.07) is 5.96. The molecule has 3 unspecified atom stereocenters. The molecule has 164 valence electrons. The highest BCUT2D eigenvalue weighted by Crippen LogP contribution is 2.17. The molecule has 0 aromatic heterocycles. The van der Waals surface area contributed by atoms with Crippen LogP contribution in [-0.2, 0) is 19.1 Å². The first-order chi connectivity index (χ1) is 14.3. The van der Waals surface area contributed by atoms with Crippen molar-refractivity contribution in [3.63, 3.8) is 0 Å². The van der Waals surface area contributed by atoms with Crippen molar-refractivity contribution < 1.29 is 23.9 Å². The number of morpholine rings is 1. The predicted octanol–water partition coefficient (Wildman–Crippen LogP) is 1.14. The van der Waals surface area contributed by atoms with E-state index < -0.39 is 12.1 Å². The number of amides is 2. The molecule has 3 rings (SSSR count). The number of ether oxygens (including phenoxy) is 2. The predicted molar refractivity (Wildman–Crippen MR) is 113 cm³/mol. The largest absolute Gasteiger partial charge is 0.378 e. The summed E-state index contributed by atoms with van der Waals surface area (Å²) in [5.74, 6) is -0.633. The van der Waals surface area contributed by atoms with Crippen LogP contribution in [0.4, 0.5) is 5.69 Å². The van der Waals surface area contributed by atoms with Crippen molar-refractivity contribution in [2.24, 2.45) is 5.92 Å². The molecule has 1 aromatic carbocycles. The molecular weight excluding hydrogens is 386 g/mol. The van der Waals surface area contributed by atoms with Crippen molar-refractivity contribution in [1.82, 2.24) is 10.6 Å². The van der Waals surface area contributed by atoms with Gasteiger partial charge in [0.05, 0.1) is 19.3 Å². The molecule has 2 fully saturated rings. The van der Waals surface area contributed by atoms with E-state index >= 15 is 0 Å². The monoisotopic (exact) mass is 417 g/mol. The van der Waals surface area contributed by atoms with Gasteiger partial charge in [-0.1, -0.05) is 13.8 Å². The van der Waals surface area contributed by atoms with Crippen molar-refractivity contribution >= 4 is 23.3 Å². The average Bonchev–Trinajstić information content (AvgIpc) is 3.05. The Morgan fingerprint density at radius 1 is 1.17 bits per heavy atom. The van der Waals surface area contributed by atoms with Gasteiger partial charge in [-0.3, -0.25) is 14.4 Å². The topological polar surface area (TPSA) is 97.0 Å². The van der Waals surface area contributed by atoms with Crippen molar-refractivity contribution in [3.8, 4) is 0 Å². The maximum absolute atomic E-state index is 12.8. The summed E-state index contributed by atoms with van der Waals surface area (Å²) < 4.78 is 10.7. The minimum absolute atomic E-state index is 0.00279. The van der Waals surface area contributed by atoms with Crippen LogP contribution in [0, 0.1) is 5.92 Å². The molecule has 3 atom stereocenters. The molecule has 2 amide bonds. The Morgan fingerprint density at radius 2 is 1.83 bits per heavy atom. The standard InChI is InChI=1S/C22H31N3O5/c1-14(2)12-18(22(28)24-20-15(3)30-13-19(20)26)23-21(27)16-4-6-17(7-5-16)25-8-10-29-11-9-25/h4-7,14-15,18,20H,8-13H2,1-3H3,(H,23,27)(H,24,28). The number of anilines is 1. The highest BCUT2D eigenvalue weighted by Gasteiger charge is 2.35. The summed E-state index contributed by atoms with van der Waals surface area (Å²) >= 11 is 0. The highest BCUT2D eigenvalue weighted by atomic mass is 16.5. The summed E-state index contributed by atoms with van der Waals surface area (Å²) in [5.41, 5.74) is 1.53. The number of carbonyl (C=O) groups excluding carboxylic acids is 3. The van der Waals surface area contributed by atoms with Gasteiger partial charge < -0.3 is 25.0 Å². The van der Waals surface area contributed by atoms with Crippen LogP contribution in [0.5, 0.6) is 0 Å². The third-order valence-corrected chi connectivity index (χ3v) is 5.44. The van der Waals surface area contributed by atoms with Crippen molar-refractivity contribution in [1.29, 1.82) is 0 Å². The zero-order chi connectivity index (χ0) is 21.7. The molecule has 0 spiro atoms. The number of nitrogens with zero attached hydrogens (tertiary/aromatic N) is 1. The summed E-state index contributed by atoms with van der Waals surface area (Å²) in [5, 5.41) is 5.58. The number of ketones is 1. The molecule has 2 aliphatic rings. The summed E-state index contributed by atoms with van der Waals surface area (Å²) in [7, 11) is 0. The van der Waals surface area contributed by atoms with Crippen LogP contribution in [0.2, 0.25) is 0 Å². The van der Waals surface area contributed by atoms with Crippen LogP contribution < -0.4 is 15.5 Å². The number of benzene rings is 1. The van der Waals surface area contributed by atoms with Gasteiger partial charge in [0.25, 0.3) is 5.91 Å². The molecule has 30 heavy (non-hydrogen) atoms. The maximum Gasteiger partial charge on any atom is 0.251 e. The van der Waals surface area contributed by atoms with E-state index in [1.807, 2.05) is 26.0 Å². The minimum Gasteiger partial charge on any atom is -0.378 e. The van der Waals surface area contributed by atoms with Gasteiger partial charge in [0.15, 0.2) is 5.78 Å². The Hall–Kier alpha value is -2.45. The number of Topliss-reactive ketones (excluding diaryl/α,β-unsaturated/α-hetero) is 1. The fourth-order valence-electron chi connectivity index (χ4n) is 3.70. The van der Waals surface area contributed by atoms with E-state index in [9.17, 15) is 14.4 Å². The van der Waals surface area contributed by atoms with Crippen LogP contribution in [0.3, 0.4) is 0 Å². The van der Waals surface area contributed by atoms with E-state index in [2.05, 4.69) is 15.5 Å². The normalized spacial score (nSPS) is 22.8. The smallest absolute Gasteiger partial charge is 0.251 e. The molecule has 8 heteroatoms. The van der Waals surface area contributed by atoms with Gasteiger partial charge in [-0.05, 0) is 43.5 Å². The lowest BCUT2D eigenvalue weighted by Gasteiger charge is -2.29. The molecule has 1 aromatic rings. The van der Waals surface area contributed by atoms with Crippen LogP contribution >= 0.6 is 0 Å². The van der Waals surface area contributed by atoms with Crippen molar-refractivity contribution in [2.75, 3.05) is 37.8 Å². The Bertz CT molecular complexity index is 759. The second-order valence-corrected chi connectivity index (χ2v) is 8.27. The molecular formula is C22H31N3O5. The van der Waals surface area contributed by atoms with Gasteiger partial charge in [0, 0.05) is 24.3 Å². The van der Waals surface area contributed by atoms with Crippen LogP contribution in [0.15, 0.2) is 24.3 Å². The number of hydrogen-bond donors (Lipinski definition) is 2. The van der Waals surface area contributed by atoms with Crippen LogP contribution in [-0.4, -0.2) is 68.7 Å². The van der Waals surface area contributed by atoms with Gasteiger partial charge >= 0.3 is 0 Å². The van der Waals surface area contributed by atoms with Crippen LogP contribution in [0.25, 0.3) is 0 Å². The third kappa shape index (κ3) is 5.58. The van der Waals surface area contributed by atoms with E-state index in [0.29, 0.717) is 25.2 Å². The quantitative estimate of drug-likeness (QED) is 0.691. The van der Waals surface area contributed by atoms with Gasteiger partial charge in [-0.15, -0.1) is 0 Å². The minimum atomic E-state index is -0.725. The van der Waals surface area contributed by atoms with Gasteiger partial charge in [-0.25, -0.2) is 0 Å². The molecule has 2 N–H and O–H groups in total. The molecule has 0 aliphatic carbocycles. The number of carbonyl (C=O) groups is 3. The lowest BCUT2D eigenvalue weighted by molar-refractivity contribution is -0.127. The number of nitrogens with one attached hydrogen (secondary N) is 2. The molecule has 0 radical (unpaired) electrons. The fourth-order valence-corrected chi connectivity index (χ4v) is 3.70. The second kappa shape index (κ2) is 10.0. The highest BCUT2D eigenvalue weighted by molar-refractivity contribution is 5.99. The fraction of sp³-hybridized carbons (Fsp3) is 0.591. The zero-order valence-electron chi connectivity index (χ0n) is 17.8. The zero-order valence-corrected chi connectivity index (χ0v) is 17.8. The van der Waals surface area contributed by atoms with E-state index in [1.165, 1.54) is 0 Å². The molecule has 2 aliphatic heterocycles. The molecule has 2 heterocycles. The third-order valence-electron chi connectivity index (χ3n) is 5.44. The van der Waals surface area contributed by atoms with Gasteiger partial charge in [-0.2, -0.15) is 0 Å². The van der Waals surface area contributed by atoms with E-state index in [0.717, 1.165) is 18.8 Å². The molecule has 2 saturated heterocycles. The van der Waals surface area contributed by atoms with Crippen molar-refractivity contribution in [2.45, 2.75) is 45.4 Å². The first kappa shape index (κ1) is 22.2. The van der Waals surface area contributed by atoms with E-state index in [1.54, 1.807) is 19.1 Å². The van der Waals surface area contributed by atoms with E-state index in [4.69, 9.17) is 9.47 Å². The average molecular weight is 418 g/mol. The van der Waals surface area contributed by atoms with E-state index in [-0.39, 0.29) is 36.2 Å². The maximum atomic E-state index is 12.8. The summed E-state index contributed by atoms with van der Waals surface area (Å²) in [6.45, 7) is 8.76. The molecule has 8 nitrogen and oxygen atoms in total. The Kier molecular flexibility index (Phi) is 7.44. The number of hydrogen-bond acceptors (Lipinski definition) is 6. The lowest BCUT2D eigenvalue weighted by Crippen LogP contribution is -2.53. The molecule has 0 saturated carbocycles. The summed E-state index contributed by atoms with van der Waals surface area (Å²) in [4.78, 5) is 39.7. The van der Waals surface area contributed by atoms with Gasteiger partial charge in [0.1, 0.15) is 18.7 Å². The number of rotatable bonds is 7.